The van der Waals surface area contributed by atoms with Crippen LogP contribution in [0.2, 0.25) is 0 Å². The number of nitrogens with zero attached hydrogens (tertiary/aromatic N) is 1. The van der Waals surface area contributed by atoms with Gasteiger partial charge in [0.25, 0.3) is 0 Å². The highest BCUT2D eigenvalue weighted by Gasteiger charge is 2.11. The van der Waals surface area contributed by atoms with Crippen molar-refractivity contribution in [2.75, 3.05) is 12.4 Å². The van der Waals surface area contributed by atoms with Crippen molar-refractivity contribution in [3.05, 3.63) is 23.8 Å². The van der Waals surface area contributed by atoms with E-state index in [1.54, 1.807) is 18.5 Å². The number of ether oxygens (including phenoxy) is 1. The van der Waals surface area contributed by atoms with Gasteiger partial charge in [-0.1, -0.05) is 0 Å². The lowest BCUT2D eigenvalue weighted by molar-refractivity contribution is 0.0600. The molecule has 1 aliphatic rings. The first-order valence-electron chi connectivity index (χ1n) is 3.99. The second kappa shape index (κ2) is 3.71. The molecule has 72 valence electrons. The lowest BCUT2D eigenvalue weighted by atomic mass is 10.2. The third-order valence-corrected chi connectivity index (χ3v) is 2.57. The standard InChI is InChI=1S/C9H8N2O2S/c1-13-9(12)6-2-3-7-8(4-6)14-11-5-10-7/h2-5H,1H3,(H,10,11). The first kappa shape index (κ1) is 9.08. The number of hydrogen-bond donors (Lipinski definition) is 1. The van der Waals surface area contributed by atoms with E-state index >= 15 is 0 Å². The van der Waals surface area contributed by atoms with Crippen LogP contribution in [0.25, 0.3) is 0 Å². The van der Waals surface area contributed by atoms with Crippen molar-refractivity contribution in [3.63, 3.8) is 0 Å². The van der Waals surface area contributed by atoms with Gasteiger partial charge < -0.3 is 10.1 Å². The fourth-order valence-electron chi connectivity index (χ4n) is 1.14. The smallest absolute Gasteiger partial charge is 0.337 e. The maximum atomic E-state index is 11.2. The predicted octanol–water partition coefficient (Wildman–Crippen LogP) is 1.93. The van der Waals surface area contributed by atoms with Gasteiger partial charge >= 0.3 is 5.97 Å². The van der Waals surface area contributed by atoms with Crippen LogP contribution in [0.4, 0.5) is 5.69 Å². The van der Waals surface area contributed by atoms with E-state index in [1.165, 1.54) is 19.1 Å². The third kappa shape index (κ3) is 1.58. The zero-order valence-electron chi connectivity index (χ0n) is 7.48. The summed E-state index contributed by atoms with van der Waals surface area (Å²) in [5.74, 6) is -0.331. The van der Waals surface area contributed by atoms with Gasteiger partial charge in [-0.05, 0) is 18.2 Å². The molecular formula is C9H8N2O2S. The molecule has 0 atom stereocenters. The monoisotopic (exact) mass is 208 g/mol. The SMILES string of the molecule is COC(=O)c1ccc2c(c1)SN=CN2. The molecule has 4 nitrogen and oxygen atoms in total. The Kier molecular flexibility index (Phi) is 2.41. The molecule has 0 aliphatic carbocycles. The molecule has 2 rings (SSSR count). The first-order chi connectivity index (χ1) is 6.81. The van der Waals surface area contributed by atoms with E-state index in [-0.39, 0.29) is 5.97 Å². The number of rotatable bonds is 1. The van der Waals surface area contributed by atoms with Gasteiger partial charge in [0.1, 0.15) is 6.34 Å². The second-order valence-corrected chi connectivity index (χ2v) is 3.51. The van der Waals surface area contributed by atoms with Gasteiger partial charge in [0, 0.05) is 11.9 Å². The average molecular weight is 208 g/mol. The third-order valence-electron chi connectivity index (χ3n) is 1.83. The minimum atomic E-state index is -0.331. The van der Waals surface area contributed by atoms with Crippen LogP contribution in [-0.2, 0) is 4.74 Å². The Morgan fingerprint density at radius 2 is 2.43 bits per heavy atom. The van der Waals surface area contributed by atoms with Gasteiger partial charge in [-0.25, -0.2) is 9.19 Å². The molecule has 1 aliphatic heterocycles. The molecule has 5 heteroatoms. The highest BCUT2D eigenvalue weighted by atomic mass is 32.2. The number of nitrogens with one attached hydrogen (secondary N) is 1. The number of esters is 1. The Labute approximate surface area is 85.5 Å². The maximum absolute atomic E-state index is 11.2. The van der Waals surface area contributed by atoms with Crippen LogP contribution in [0.1, 0.15) is 10.4 Å². The topological polar surface area (TPSA) is 50.7 Å². The quantitative estimate of drug-likeness (QED) is 0.566. The van der Waals surface area contributed by atoms with Crippen LogP contribution < -0.4 is 5.32 Å². The molecule has 0 saturated heterocycles. The van der Waals surface area contributed by atoms with Crippen LogP contribution in [-0.4, -0.2) is 19.4 Å². The van der Waals surface area contributed by atoms with Crippen molar-refractivity contribution >= 4 is 29.9 Å². The van der Waals surface area contributed by atoms with E-state index in [9.17, 15) is 4.79 Å². The Morgan fingerprint density at radius 3 is 3.21 bits per heavy atom. The van der Waals surface area contributed by atoms with E-state index in [0.717, 1.165) is 10.6 Å². The molecule has 0 amide bonds. The number of fused-ring (bicyclic) bond motifs is 1. The van der Waals surface area contributed by atoms with Crippen molar-refractivity contribution in [2.24, 2.45) is 4.40 Å². The summed E-state index contributed by atoms with van der Waals surface area (Å²) in [4.78, 5) is 12.1. The van der Waals surface area contributed by atoms with Gasteiger partial charge in [0.05, 0.1) is 23.3 Å². The molecule has 0 spiro atoms. The molecular weight excluding hydrogens is 200 g/mol. The summed E-state index contributed by atoms with van der Waals surface area (Å²) in [6.07, 6.45) is 1.62. The fraction of sp³-hybridized carbons (Fsp3) is 0.111. The van der Waals surface area contributed by atoms with Gasteiger partial charge in [-0.2, -0.15) is 0 Å². The van der Waals surface area contributed by atoms with Gasteiger partial charge in [0.2, 0.25) is 0 Å². The number of anilines is 1. The molecule has 0 unspecified atom stereocenters. The summed E-state index contributed by atoms with van der Waals surface area (Å²) in [6, 6.07) is 5.31. The molecule has 0 radical (unpaired) electrons. The van der Waals surface area contributed by atoms with E-state index < -0.39 is 0 Å². The zero-order valence-corrected chi connectivity index (χ0v) is 8.30. The first-order valence-corrected chi connectivity index (χ1v) is 4.76. The number of carbonyl (C=O) groups excluding carboxylic acids is 1. The molecule has 0 bridgehead atoms. The Hall–Kier alpha value is -1.49. The van der Waals surface area contributed by atoms with Crippen molar-refractivity contribution in [1.82, 2.24) is 0 Å². The minimum absolute atomic E-state index is 0.331. The highest BCUT2D eigenvalue weighted by Crippen LogP contribution is 2.31. The summed E-state index contributed by atoms with van der Waals surface area (Å²) in [7, 11) is 1.37. The fourth-order valence-corrected chi connectivity index (χ4v) is 1.76. The number of hydrogen-bond acceptors (Lipinski definition) is 5. The van der Waals surface area contributed by atoms with E-state index in [4.69, 9.17) is 0 Å². The summed E-state index contributed by atoms with van der Waals surface area (Å²) in [6.45, 7) is 0. The van der Waals surface area contributed by atoms with Gasteiger partial charge in [0.15, 0.2) is 0 Å². The molecule has 0 saturated carbocycles. The Morgan fingerprint density at radius 1 is 1.57 bits per heavy atom. The molecule has 1 aromatic rings. The number of benzene rings is 1. The predicted molar refractivity (Wildman–Crippen MR) is 55.8 cm³/mol. The zero-order chi connectivity index (χ0) is 9.97. The Bertz CT molecular complexity index is 404. The maximum Gasteiger partial charge on any atom is 0.337 e. The summed E-state index contributed by atoms with van der Waals surface area (Å²) in [5, 5.41) is 2.98. The number of methoxy groups -OCH3 is 1. The molecule has 1 heterocycles. The highest BCUT2D eigenvalue weighted by molar-refractivity contribution is 7.98. The second-order valence-electron chi connectivity index (χ2n) is 2.67. The summed E-state index contributed by atoms with van der Waals surface area (Å²) >= 11 is 1.33. The lowest BCUT2D eigenvalue weighted by Crippen LogP contribution is -2.04. The average Bonchev–Trinajstić information content (AvgIpc) is 2.27. The van der Waals surface area contributed by atoms with Gasteiger partial charge in [-0.15, -0.1) is 0 Å². The summed E-state index contributed by atoms with van der Waals surface area (Å²) < 4.78 is 8.59. The normalized spacial score (nSPS) is 12.9. The minimum Gasteiger partial charge on any atom is -0.465 e. The molecule has 1 N–H and O–H groups in total. The molecule has 1 aromatic carbocycles. The van der Waals surface area contributed by atoms with Crippen molar-refractivity contribution in [3.8, 4) is 0 Å². The van der Waals surface area contributed by atoms with Gasteiger partial charge in [-0.3, -0.25) is 0 Å². The van der Waals surface area contributed by atoms with E-state index in [1.807, 2.05) is 6.07 Å². The summed E-state index contributed by atoms with van der Waals surface area (Å²) in [5.41, 5.74) is 1.50. The largest absolute Gasteiger partial charge is 0.465 e. The van der Waals surface area contributed by atoms with Crippen LogP contribution in [0.15, 0.2) is 27.5 Å². The van der Waals surface area contributed by atoms with Crippen LogP contribution in [0, 0.1) is 0 Å². The molecule has 0 fully saturated rings. The van der Waals surface area contributed by atoms with E-state index in [0.29, 0.717) is 5.56 Å². The lowest BCUT2D eigenvalue weighted by Gasteiger charge is -2.11. The van der Waals surface area contributed by atoms with Crippen molar-refractivity contribution in [2.45, 2.75) is 4.90 Å². The molecule has 0 aromatic heterocycles. The van der Waals surface area contributed by atoms with E-state index in [2.05, 4.69) is 14.5 Å². The van der Waals surface area contributed by atoms with Crippen molar-refractivity contribution < 1.29 is 9.53 Å². The van der Waals surface area contributed by atoms with Crippen molar-refractivity contribution in [1.29, 1.82) is 0 Å². The Balaban J connectivity index is 2.36. The number of carbonyl (C=O) groups is 1. The van der Waals surface area contributed by atoms with Crippen LogP contribution in [0.3, 0.4) is 0 Å². The molecule has 14 heavy (non-hydrogen) atoms. The van der Waals surface area contributed by atoms with Crippen LogP contribution in [0.5, 0.6) is 0 Å². The van der Waals surface area contributed by atoms with Crippen LogP contribution >= 0.6 is 11.9 Å².